The van der Waals surface area contributed by atoms with Crippen molar-refractivity contribution in [3.8, 4) is 6.07 Å². The Morgan fingerprint density at radius 3 is 2.84 bits per heavy atom. The van der Waals surface area contributed by atoms with Gasteiger partial charge in [0.2, 0.25) is 0 Å². The third kappa shape index (κ3) is 2.96. The van der Waals surface area contributed by atoms with Crippen LogP contribution in [0, 0.1) is 11.3 Å². The number of carboxylic acid groups (broad SMARTS) is 1. The first-order valence-electron chi connectivity index (χ1n) is 6.16. The molecule has 0 amide bonds. The maximum Gasteiger partial charge on any atom is 0.323 e. The molecule has 1 N–H and O–H groups in total. The number of anilines is 1. The Bertz CT molecular complexity index is 521. The molecule has 0 unspecified atom stereocenters. The van der Waals surface area contributed by atoms with Crippen molar-refractivity contribution >= 4 is 23.4 Å². The van der Waals surface area contributed by atoms with Gasteiger partial charge in [0.15, 0.2) is 0 Å². The van der Waals surface area contributed by atoms with E-state index < -0.39 is 5.97 Å². The van der Waals surface area contributed by atoms with Gasteiger partial charge in [0.05, 0.1) is 5.56 Å². The lowest BCUT2D eigenvalue weighted by Gasteiger charge is -2.29. The molecular weight excluding hydrogens is 266 g/mol. The van der Waals surface area contributed by atoms with Gasteiger partial charge in [-0.3, -0.25) is 4.79 Å². The number of hydrogen-bond acceptors (Lipinski definition) is 4. The highest BCUT2D eigenvalue weighted by Crippen LogP contribution is 2.32. The second-order valence-electron chi connectivity index (χ2n) is 4.57. The van der Waals surface area contributed by atoms with Crippen LogP contribution in [-0.2, 0) is 4.79 Å². The van der Waals surface area contributed by atoms with E-state index >= 15 is 0 Å². The molecule has 2 rings (SSSR count). The van der Waals surface area contributed by atoms with E-state index in [1.807, 2.05) is 6.07 Å². The molecule has 0 spiro atoms. The highest BCUT2D eigenvalue weighted by molar-refractivity contribution is 6.34. The molecule has 19 heavy (non-hydrogen) atoms. The van der Waals surface area contributed by atoms with E-state index in [1.165, 1.54) is 12.3 Å². The number of halogens is 1. The average Bonchev–Trinajstić information content (AvgIpc) is 2.90. The molecule has 6 heteroatoms. The van der Waals surface area contributed by atoms with Crippen LogP contribution in [-0.4, -0.2) is 28.6 Å². The molecule has 0 aliphatic heterocycles. The predicted molar refractivity (Wildman–Crippen MR) is 71.2 cm³/mol. The lowest BCUT2D eigenvalue weighted by atomic mass is 10.2. The molecule has 1 aromatic rings. The number of nitriles is 1. The second-order valence-corrected chi connectivity index (χ2v) is 4.95. The zero-order valence-electron chi connectivity index (χ0n) is 10.3. The molecule has 1 aromatic heterocycles. The first-order valence-corrected chi connectivity index (χ1v) is 6.54. The van der Waals surface area contributed by atoms with Gasteiger partial charge in [0.25, 0.3) is 0 Å². The summed E-state index contributed by atoms with van der Waals surface area (Å²) in [6, 6.07) is 3.65. The minimum absolute atomic E-state index is 0.134. The van der Waals surface area contributed by atoms with Gasteiger partial charge >= 0.3 is 5.97 Å². The topological polar surface area (TPSA) is 77.2 Å². The molecule has 0 aromatic carbocycles. The molecule has 0 radical (unpaired) electrons. The van der Waals surface area contributed by atoms with Crippen molar-refractivity contribution in [1.29, 1.82) is 5.26 Å². The molecule has 1 heterocycles. The summed E-state index contributed by atoms with van der Waals surface area (Å²) in [5.41, 5.74) is 0.319. The first-order chi connectivity index (χ1) is 9.13. The zero-order chi connectivity index (χ0) is 13.8. The molecule has 0 atom stereocenters. The van der Waals surface area contributed by atoms with Gasteiger partial charge in [0, 0.05) is 12.2 Å². The normalized spacial score (nSPS) is 15.2. The summed E-state index contributed by atoms with van der Waals surface area (Å²) in [5.74, 6) is -0.526. The molecule has 1 aliphatic carbocycles. The van der Waals surface area contributed by atoms with Crippen molar-refractivity contribution in [2.45, 2.75) is 31.7 Å². The number of pyridine rings is 1. The monoisotopic (exact) mass is 279 g/mol. The van der Waals surface area contributed by atoms with Crippen molar-refractivity contribution in [1.82, 2.24) is 4.98 Å². The summed E-state index contributed by atoms with van der Waals surface area (Å²) < 4.78 is 0. The quantitative estimate of drug-likeness (QED) is 0.916. The highest BCUT2D eigenvalue weighted by atomic mass is 35.5. The van der Waals surface area contributed by atoms with Crippen molar-refractivity contribution < 1.29 is 9.90 Å². The SMILES string of the molecule is N#Cc1ccnc(N(CC(=O)O)C2CCCC2)c1Cl. The van der Waals surface area contributed by atoms with Crippen LogP contribution in [0.25, 0.3) is 0 Å². The van der Waals surface area contributed by atoms with Gasteiger partial charge in [-0.05, 0) is 18.9 Å². The summed E-state index contributed by atoms with van der Waals surface area (Å²) in [5, 5.41) is 18.3. The second kappa shape index (κ2) is 5.89. The van der Waals surface area contributed by atoms with E-state index in [-0.39, 0.29) is 17.6 Å². The van der Waals surface area contributed by atoms with Crippen LogP contribution in [0.15, 0.2) is 12.3 Å². The van der Waals surface area contributed by atoms with Gasteiger partial charge in [-0.2, -0.15) is 5.26 Å². The number of nitrogens with zero attached hydrogens (tertiary/aromatic N) is 3. The fourth-order valence-electron chi connectivity index (χ4n) is 2.46. The summed E-state index contributed by atoms with van der Waals surface area (Å²) in [4.78, 5) is 16.9. The summed E-state index contributed by atoms with van der Waals surface area (Å²) in [7, 11) is 0. The lowest BCUT2D eigenvalue weighted by Crippen LogP contribution is -2.38. The largest absolute Gasteiger partial charge is 0.480 e. The maximum atomic E-state index is 11.0. The summed E-state index contributed by atoms with van der Waals surface area (Å²) in [6.45, 7) is -0.147. The molecule has 1 fully saturated rings. The third-order valence-electron chi connectivity index (χ3n) is 3.33. The molecule has 0 bridgehead atoms. The van der Waals surface area contributed by atoms with Crippen LogP contribution < -0.4 is 4.90 Å². The Labute approximate surface area is 116 Å². The van der Waals surface area contributed by atoms with Gasteiger partial charge in [0.1, 0.15) is 23.5 Å². The van der Waals surface area contributed by atoms with Crippen LogP contribution in [0.1, 0.15) is 31.2 Å². The van der Waals surface area contributed by atoms with Crippen LogP contribution in [0.3, 0.4) is 0 Å². The maximum absolute atomic E-state index is 11.0. The van der Waals surface area contributed by atoms with Crippen molar-refractivity contribution in [3.63, 3.8) is 0 Å². The molecular formula is C13H14ClN3O2. The number of carboxylic acids is 1. The fourth-order valence-corrected chi connectivity index (χ4v) is 2.72. The number of aliphatic carboxylic acids is 1. The minimum atomic E-state index is -0.924. The number of hydrogen-bond donors (Lipinski definition) is 1. The van der Waals surface area contributed by atoms with Gasteiger partial charge in [-0.1, -0.05) is 24.4 Å². The summed E-state index contributed by atoms with van der Waals surface area (Å²) >= 11 is 6.15. The number of carbonyl (C=O) groups is 1. The molecule has 1 saturated carbocycles. The molecule has 1 aliphatic rings. The Morgan fingerprint density at radius 2 is 2.26 bits per heavy atom. The smallest absolute Gasteiger partial charge is 0.323 e. The molecule has 100 valence electrons. The third-order valence-corrected chi connectivity index (χ3v) is 3.71. The zero-order valence-corrected chi connectivity index (χ0v) is 11.1. The first kappa shape index (κ1) is 13.6. The highest BCUT2D eigenvalue weighted by Gasteiger charge is 2.27. The Morgan fingerprint density at radius 1 is 1.58 bits per heavy atom. The average molecular weight is 280 g/mol. The molecule has 5 nitrogen and oxygen atoms in total. The predicted octanol–water partition coefficient (Wildman–Crippen LogP) is 2.44. The van der Waals surface area contributed by atoms with Crippen LogP contribution in [0.2, 0.25) is 5.02 Å². The minimum Gasteiger partial charge on any atom is -0.480 e. The van der Waals surface area contributed by atoms with Gasteiger partial charge < -0.3 is 10.0 Å². The van der Waals surface area contributed by atoms with E-state index in [9.17, 15) is 4.79 Å². The Hall–Kier alpha value is -1.80. The van der Waals surface area contributed by atoms with Crippen LogP contribution in [0.5, 0.6) is 0 Å². The van der Waals surface area contributed by atoms with Crippen LogP contribution in [0.4, 0.5) is 5.82 Å². The van der Waals surface area contributed by atoms with E-state index in [4.69, 9.17) is 22.0 Å². The fraction of sp³-hybridized carbons (Fsp3) is 0.462. The number of rotatable bonds is 4. The van der Waals surface area contributed by atoms with E-state index in [2.05, 4.69) is 4.98 Å². The lowest BCUT2D eigenvalue weighted by molar-refractivity contribution is -0.135. The van der Waals surface area contributed by atoms with Crippen LogP contribution >= 0.6 is 11.6 Å². The number of aromatic nitrogens is 1. The van der Waals surface area contributed by atoms with E-state index in [0.29, 0.717) is 11.4 Å². The van der Waals surface area contributed by atoms with Crippen molar-refractivity contribution in [2.24, 2.45) is 0 Å². The van der Waals surface area contributed by atoms with E-state index in [0.717, 1.165) is 25.7 Å². The summed E-state index contributed by atoms with van der Waals surface area (Å²) in [6.07, 6.45) is 5.51. The van der Waals surface area contributed by atoms with Crippen molar-refractivity contribution in [2.75, 3.05) is 11.4 Å². The molecule has 0 saturated heterocycles. The van der Waals surface area contributed by atoms with E-state index in [1.54, 1.807) is 4.90 Å². The standard InChI is InChI=1S/C13H14ClN3O2/c14-12-9(7-15)5-6-16-13(12)17(8-11(18)19)10-3-1-2-4-10/h5-6,10H,1-4,8H2,(H,18,19). The van der Waals surface area contributed by atoms with Gasteiger partial charge in [-0.25, -0.2) is 4.98 Å². The Balaban J connectivity index is 2.37. The Kier molecular flexibility index (Phi) is 4.23. The van der Waals surface area contributed by atoms with Crippen molar-refractivity contribution in [3.05, 3.63) is 22.8 Å². The van der Waals surface area contributed by atoms with Gasteiger partial charge in [-0.15, -0.1) is 0 Å².